The number of piperidine rings is 2. The van der Waals surface area contributed by atoms with Crippen molar-refractivity contribution in [1.82, 2.24) is 24.3 Å². The molecule has 2 aromatic rings. The largest absolute Gasteiger partial charge is 0.390 e. The van der Waals surface area contributed by atoms with E-state index in [2.05, 4.69) is 22.1 Å². The average molecular weight is 642 g/mol. The van der Waals surface area contributed by atoms with E-state index in [0.29, 0.717) is 37.0 Å². The Morgan fingerprint density at radius 2 is 1.75 bits per heavy atom. The van der Waals surface area contributed by atoms with Crippen LogP contribution >= 0.6 is 11.6 Å². The monoisotopic (exact) mass is 641 g/mol. The predicted molar refractivity (Wildman–Crippen MR) is 176 cm³/mol. The van der Waals surface area contributed by atoms with Gasteiger partial charge in [0, 0.05) is 54.4 Å². The van der Waals surface area contributed by atoms with Gasteiger partial charge in [-0.3, -0.25) is 4.68 Å². The summed E-state index contributed by atoms with van der Waals surface area (Å²) < 4.78 is 28.5. The summed E-state index contributed by atoms with van der Waals surface area (Å²) in [5.41, 5.74) is 4.32. The van der Waals surface area contributed by atoms with Crippen LogP contribution in [0.4, 0.5) is 0 Å². The summed E-state index contributed by atoms with van der Waals surface area (Å²) in [6.07, 6.45) is 12.3. The molecule has 3 fully saturated rings. The fourth-order valence-corrected chi connectivity index (χ4v) is 8.76. The van der Waals surface area contributed by atoms with Gasteiger partial charge >= 0.3 is 0 Å². The predicted octanol–water partition coefficient (Wildman–Crippen LogP) is 4.53. The zero-order valence-corrected chi connectivity index (χ0v) is 27.7. The van der Waals surface area contributed by atoms with E-state index in [1.807, 2.05) is 22.9 Å². The molecule has 44 heavy (non-hydrogen) atoms. The van der Waals surface area contributed by atoms with Gasteiger partial charge in [0.2, 0.25) is 10.0 Å². The van der Waals surface area contributed by atoms with Gasteiger partial charge in [-0.1, -0.05) is 48.8 Å². The summed E-state index contributed by atoms with van der Waals surface area (Å²) in [7, 11) is -3.36. The Labute approximate surface area is 268 Å². The second kappa shape index (κ2) is 14.2. The lowest BCUT2D eigenvalue weighted by atomic mass is 9.79. The molecule has 2 N–H and O–H groups in total. The van der Waals surface area contributed by atoms with Crippen LogP contribution < -0.4 is 5.32 Å². The number of β-amino-alcohol motifs (C(OH)–C–C–N with tert-alkyl or cyclic N) is 1. The van der Waals surface area contributed by atoms with Crippen LogP contribution in [-0.2, 0) is 29.5 Å². The van der Waals surface area contributed by atoms with E-state index in [0.717, 1.165) is 78.9 Å². The number of nitrogens with one attached hydrogen (secondary N) is 1. The van der Waals surface area contributed by atoms with Crippen LogP contribution in [0.3, 0.4) is 0 Å². The van der Waals surface area contributed by atoms with Gasteiger partial charge in [0.25, 0.3) is 0 Å². The zero-order valence-electron chi connectivity index (χ0n) is 26.1. The van der Waals surface area contributed by atoms with Crippen molar-refractivity contribution in [3.8, 4) is 23.1 Å². The van der Waals surface area contributed by atoms with Crippen molar-refractivity contribution in [3.63, 3.8) is 0 Å². The second-order valence-corrected chi connectivity index (χ2v) is 15.9. The Morgan fingerprint density at radius 3 is 2.48 bits per heavy atom. The first-order chi connectivity index (χ1) is 21.2. The third kappa shape index (κ3) is 7.71. The van der Waals surface area contributed by atoms with Gasteiger partial charge in [-0.25, -0.2) is 8.42 Å². The van der Waals surface area contributed by atoms with E-state index in [1.54, 1.807) is 0 Å². The lowest BCUT2D eigenvalue weighted by molar-refractivity contribution is 0.0631. The quantitative estimate of drug-likeness (QED) is 0.432. The molecular formula is C34H48ClN5O3S. The molecule has 3 aliphatic heterocycles. The highest BCUT2D eigenvalue weighted by Gasteiger charge is 2.32. The van der Waals surface area contributed by atoms with Gasteiger partial charge in [-0.2, -0.15) is 9.40 Å². The Bertz CT molecular complexity index is 1460. The SMILES string of the molecule is CS(=O)(=O)N1CCc2c(c(-c3ccc(Cl)c(C#CC4CCCCC4)c3)nn2C[C@@H](O)CN2CCC(C3CCNCC3)CC2)C1. The lowest BCUT2D eigenvalue weighted by Crippen LogP contribution is -2.43. The fraction of sp³-hybridized carbons (Fsp3) is 0.676. The second-order valence-electron chi connectivity index (χ2n) is 13.5. The molecule has 4 heterocycles. The molecule has 1 aliphatic carbocycles. The van der Waals surface area contributed by atoms with Crippen LogP contribution in [0.15, 0.2) is 18.2 Å². The average Bonchev–Trinajstić information content (AvgIpc) is 3.39. The number of aliphatic hydroxyl groups is 1. The van der Waals surface area contributed by atoms with Crippen molar-refractivity contribution in [3.05, 3.63) is 40.0 Å². The lowest BCUT2D eigenvalue weighted by Gasteiger charge is -2.38. The van der Waals surface area contributed by atoms with Gasteiger partial charge < -0.3 is 15.3 Å². The number of benzene rings is 1. The molecule has 0 bridgehead atoms. The van der Waals surface area contributed by atoms with Gasteiger partial charge in [0.15, 0.2) is 0 Å². The van der Waals surface area contributed by atoms with Crippen LogP contribution in [-0.4, -0.2) is 84.1 Å². The van der Waals surface area contributed by atoms with Gasteiger partial charge in [0.05, 0.1) is 29.6 Å². The number of fused-ring (bicyclic) bond motifs is 1. The maximum atomic E-state index is 12.5. The number of nitrogens with zero attached hydrogens (tertiary/aromatic N) is 4. The number of hydrogen-bond donors (Lipinski definition) is 2. The molecule has 0 unspecified atom stereocenters. The van der Waals surface area contributed by atoms with Crippen molar-refractivity contribution in [2.24, 2.45) is 17.8 Å². The standard InChI is InChI=1S/C34H48ClN5O3S/c1-44(42,43)39-20-15-33-31(24-39)34(29-9-10-32(35)28(21-29)8-7-25-5-3-2-4-6-25)37-40(33)23-30(41)22-38-18-13-27(14-19-38)26-11-16-36-17-12-26/h9-10,21,25-27,30,36,41H,2-6,11-20,22-24H2,1H3/t30-/m0/s1. The van der Waals surface area contributed by atoms with Crippen molar-refractivity contribution in [2.75, 3.05) is 45.5 Å². The molecule has 4 aliphatic rings. The highest BCUT2D eigenvalue weighted by Crippen LogP contribution is 2.34. The van der Waals surface area contributed by atoms with Crippen LogP contribution in [0.2, 0.25) is 5.02 Å². The third-order valence-corrected chi connectivity index (χ3v) is 11.9. The van der Waals surface area contributed by atoms with E-state index in [4.69, 9.17) is 16.7 Å². The smallest absolute Gasteiger partial charge is 0.211 e. The zero-order chi connectivity index (χ0) is 30.7. The minimum absolute atomic E-state index is 0.273. The van der Waals surface area contributed by atoms with Crippen LogP contribution in [0.1, 0.15) is 74.6 Å². The number of hydrogen-bond acceptors (Lipinski definition) is 6. The first-order valence-electron chi connectivity index (χ1n) is 16.7. The van der Waals surface area contributed by atoms with Crippen LogP contribution in [0.5, 0.6) is 0 Å². The van der Waals surface area contributed by atoms with E-state index >= 15 is 0 Å². The summed E-state index contributed by atoms with van der Waals surface area (Å²) in [6, 6.07) is 5.81. The van der Waals surface area contributed by atoms with Gasteiger partial charge in [0.1, 0.15) is 0 Å². The van der Waals surface area contributed by atoms with Crippen molar-refractivity contribution >= 4 is 21.6 Å². The van der Waals surface area contributed by atoms with Crippen molar-refractivity contribution in [1.29, 1.82) is 0 Å². The van der Waals surface area contributed by atoms with E-state index in [9.17, 15) is 13.5 Å². The molecule has 8 nitrogen and oxygen atoms in total. The number of aromatic nitrogens is 2. The topological polar surface area (TPSA) is 90.7 Å². The Morgan fingerprint density at radius 1 is 1.02 bits per heavy atom. The van der Waals surface area contributed by atoms with Crippen molar-refractivity contribution < 1.29 is 13.5 Å². The number of rotatable bonds is 7. The molecule has 0 amide bonds. The maximum absolute atomic E-state index is 12.5. The van der Waals surface area contributed by atoms with E-state index in [-0.39, 0.29) is 6.54 Å². The number of halogens is 1. The molecule has 1 saturated carbocycles. The number of aliphatic hydroxyl groups excluding tert-OH is 1. The molecule has 10 heteroatoms. The first kappa shape index (κ1) is 32.0. The molecule has 2 saturated heterocycles. The minimum atomic E-state index is -3.36. The van der Waals surface area contributed by atoms with Gasteiger partial charge in [-0.05, 0) is 88.7 Å². The first-order valence-corrected chi connectivity index (χ1v) is 18.9. The van der Waals surface area contributed by atoms with Crippen molar-refractivity contribution in [2.45, 2.75) is 83.4 Å². The molecule has 0 radical (unpaired) electrons. The summed E-state index contributed by atoms with van der Waals surface area (Å²) in [4.78, 5) is 2.40. The number of likely N-dealkylation sites (tertiary alicyclic amines) is 1. The van der Waals surface area contributed by atoms with E-state index < -0.39 is 16.1 Å². The molecule has 1 aromatic carbocycles. The molecule has 0 spiro atoms. The summed E-state index contributed by atoms with van der Waals surface area (Å²) >= 11 is 6.59. The minimum Gasteiger partial charge on any atom is -0.390 e. The summed E-state index contributed by atoms with van der Waals surface area (Å²) in [6.45, 7) is 6.06. The summed E-state index contributed by atoms with van der Waals surface area (Å²) in [5, 5.41) is 20.4. The molecule has 1 atom stereocenters. The number of sulfonamides is 1. The molecular weight excluding hydrogens is 594 g/mol. The maximum Gasteiger partial charge on any atom is 0.211 e. The highest BCUT2D eigenvalue weighted by molar-refractivity contribution is 7.88. The van der Waals surface area contributed by atoms with Crippen LogP contribution in [0, 0.1) is 29.6 Å². The normalized spacial score (nSPS) is 22.3. The molecule has 1 aromatic heterocycles. The van der Waals surface area contributed by atoms with Crippen LogP contribution in [0.25, 0.3) is 11.3 Å². The Hall–Kier alpha value is -1.93. The Balaban J connectivity index is 1.19. The highest BCUT2D eigenvalue weighted by atomic mass is 35.5. The Kier molecular flexibility index (Phi) is 10.4. The third-order valence-electron chi connectivity index (χ3n) is 10.4. The molecule has 6 rings (SSSR count). The molecule has 240 valence electrons. The van der Waals surface area contributed by atoms with Gasteiger partial charge in [-0.15, -0.1) is 0 Å². The van der Waals surface area contributed by atoms with E-state index in [1.165, 1.54) is 55.5 Å². The summed E-state index contributed by atoms with van der Waals surface area (Å²) in [5.74, 6) is 8.85. The fourth-order valence-electron chi connectivity index (χ4n) is 7.81.